The molecule has 1 aliphatic heterocycles. The van der Waals surface area contributed by atoms with E-state index in [1.54, 1.807) is 26.6 Å². The van der Waals surface area contributed by atoms with Crippen LogP contribution in [0.15, 0.2) is 36.7 Å². The minimum absolute atomic E-state index is 0.337. The Bertz CT molecular complexity index is 613. The Hall–Kier alpha value is -2.50. The lowest BCUT2D eigenvalue weighted by molar-refractivity contribution is 0.394. The van der Waals surface area contributed by atoms with Crippen LogP contribution < -0.4 is 19.7 Å². The number of benzene rings is 1. The summed E-state index contributed by atoms with van der Waals surface area (Å²) in [7, 11) is 3.32. The molecule has 6 heteroatoms. The van der Waals surface area contributed by atoms with Gasteiger partial charge in [-0.2, -0.15) is 0 Å². The molecule has 1 saturated heterocycles. The molecule has 2 heterocycles. The van der Waals surface area contributed by atoms with Crippen molar-refractivity contribution < 1.29 is 9.47 Å². The smallest absolute Gasteiger partial charge is 0.225 e. The SMILES string of the molecule is COc1cc(N[C@@H]2CCCN(c3ncccn3)C2)cc(OC)c1. The molecule has 1 aliphatic rings. The average Bonchev–Trinajstić information content (AvgIpc) is 2.62. The molecule has 0 saturated carbocycles. The molecule has 122 valence electrons. The molecule has 0 radical (unpaired) electrons. The Balaban J connectivity index is 1.70. The highest BCUT2D eigenvalue weighted by atomic mass is 16.5. The molecule has 0 unspecified atom stereocenters. The van der Waals surface area contributed by atoms with Crippen LogP contribution in [-0.2, 0) is 0 Å². The van der Waals surface area contributed by atoms with Gasteiger partial charge in [-0.3, -0.25) is 0 Å². The number of anilines is 2. The lowest BCUT2D eigenvalue weighted by Crippen LogP contribution is -2.42. The lowest BCUT2D eigenvalue weighted by Gasteiger charge is -2.33. The van der Waals surface area contributed by atoms with Gasteiger partial charge in [0.15, 0.2) is 0 Å². The summed E-state index contributed by atoms with van der Waals surface area (Å²) in [5.41, 5.74) is 1.00. The first-order valence-corrected chi connectivity index (χ1v) is 7.80. The van der Waals surface area contributed by atoms with Crippen molar-refractivity contribution in [2.24, 2.45) is 0 Å². The van der Waals surface area contributed by atoms with E-state index in [0.29, 0.717) is 6.04 Å². The molecule has 0 amide bonds. The minimum atomic E-state index is 0.337. The van der Waals surface area contributed by atoms with E-state index in [1.807, 2.05) is 24.3 Å². The molecule has 6 nitrogen and oxygen atoms in total. The Morgan fingerprint density at radius 3 is 2.43 bits per heavy atom. The number of rotatable bonds is 5. The summed E-state index contributed by atoms with van der Waals surface area (Å²) >= 11 is 0. The summed E-state index contributed by atoms with van der Waals surface area (Å²) in [4.78, 5) is 10.9. The molecule has 0 spiro atoms. The second-order valence-electron chi connectivity index (χ2n) is 5.58. The lowest BCUT2D eigenvalue weighted by atomic mass is 10.1. The van der Waals surface area contributed by atoms with Gasteiger partial charge in [0.05, 0.1) is 14.2 Å². The third-order valence-corrected chi connectivity index (χ3v) is 3.98. The van der Waals surface area contributed by atoms with Crippen LogP contribution in [0.25, 0.3) is 0 Å². The zero-order chi connectivity index (χ0) is 16.1. The fraction of sp³-hybridized carbons (Fsp3) is 0.412. The molecular weight excluding hydrogens is 292 g/mol. The molecule has 0 aliphatic carbocycles. The molecule has 0 bridgehead atoms. The van der Waals surface area contributed by atoms with E-state index in [4.69, 9.17) is 9.47 Å². The van der Waals surface area contributed by atoms with E-state index in [9.17, 15) is 0 Å². The van der Waals surface area contributed by atoms with Crippen LogP contribution in [0, 0.1) is 0 Å². The van der Waals surface area contributed by atoms with Crippen molar-refractivity contribution >= 4 is 11.6 Å². The van der Waals surface area contributed by atoms with Crippen LogP contribution in [0.1, 0.15) is 12.8 Å². The van der Waals surface area contributed by atoms with Gasteiger partial charge in [-0.25, -0.2) is 9.97 Å². The van der Waals surface area contributed by atoms with E-state index in [0.717, 1.165) is 49.1 Å². The summed E-state index contributed by atoms with van der Waals surface area (Å²) in [6.45, 7) is 1.87. The van der Waals surface area contributed by atoms with Crippen molar-refractivity contribution in [1.82, 2.24) is 9.97 Å². The fourth-order valence-corrected chi connectivity index (χ4v) is 2.86. The van der Waals surface area contributed by atoms with E-state index in [1.165, 1.54) is 0 Å². The number of ether oxygens (including phenoxy) is 2. The number of hydrogen-bond acceptors (Lipinski definition) is 6. The third-order valence-electron chi connectivity index (χ3n) is 3.98. The largest absolute Gasteiger partial charge is 0.497 e. The normalized spacial score (nSPS) is 17.7. The van der Waals surface area contributed by atoms with Crippen molar-refractivity contribution in [3.05, 3.63) is 36.7 Å². The Labute approximate surface area is 136 Å². The first kappa shape index (κ1) is 15.4. The Morgan fingerprint density at radius 1 is 1.09 bits per heavy atom. The predicted molar refractivity (Wildman–Crippen MR) is 90.4 cm³/mol. The second kappa shape index (κ2) is 7.17. The summed E-state index contributed by atoms with van der Waals surface area (Å²) in [6.07, 6.45) is 5.79. The summed E-state index contributed by atoms with van der Waals surface area (Å²) in [5, 5.41) is 3.57. The maximum Gasteiger partial charge on any atom is 0.225 e. The summed E-state index contributed by atoms with van der Waals surface area (Å²) < 4.78 is 10.7. The number of piperidine rings is 1. The maximum atomic E-state index is 5.33. The zero-order valence-electron chi connectivity index (χ0n) is 13.5. The highest BCUT2D eigenvalue weighted by Gasteiger charge is 2.21. The van der Waals surface area contributed by atoms with E-state index >= 15 is 0 Å². The van der Waals surface area contributed by atoms with Gasteiger partial charge in [-0.1, -0.05) is 0 Å². The third kappa shape index (κ3) is 3.83. The van der Waals surface area contributed by atoms with Gasteiger partial charge in [-0.05, 0) is 18.9 Å². The number of aromatic nitrogens is 2. The van der Waals surface area contributed by atoms with E-state index < -0.39 is 0 Å². The van der Waals surface area contributed by atoms with E-state index in [-0.39, 0.29) is 0 Å². The van der Waals surface area contributed by atoms with Gasteiger partial charge in [0, 0.05) is 55.4 Å². The van der Waals surface area contributed by atoms with Gasteiger partial charge < -0.3 is 19.7 Å². The number of methoxy groups -OCH3 is 2. The number of nitrogens with one attached hydrogen (secondary N) is 1. The van der Waals surface area contributed by atoms with Gasteiger partial charge in [0.25, 0.3) is 0 Å². The van der Waals surface area contributed by atoms with Crippen molar-refractivity contribution in [3.8, 4) is 11.5 Å². The quantitative estimate of drug-likeness (QED) is 0.915. The average molecular weight is 314 g/mol. The Kier molecular flexibility index (Phi) is 4.80. The molecule has 1 atom stereocenters. The molecular formula is C17H22N4O2. The Morgan fingerprint density at radius 2 is 1.78 bits per heavy atom. The molecule has 23 heavy (non-hydrogen) atoms. The van der Waals surface area contributed by atoms with Crippen LogP contribution in [0.2, 0.25) is 0 Å². The van der Waals surface area contributed by atoms with E-state index in [2.05, 4.69) is 20.2 Å². The molecule has 1 fully saturated rings. The monoisotopic (exact) mass is 314 g/mol. The molecule has 1 N–H and O–H groups in total. The van der Waals surface area contributed by atoms with Crippen LogP contribution in [0.5, 0.6) is 11.5 Å². The second-order valence-corrected chi connectivity index (χ2v) is 5.58. The predicted octanol–water partition coefficient (Wildman–Crippen LogP) is 2.57. The van der Waals surface area contributed by atoms with Gasteiger partial charge in [0.2, 0.25) is 5.95 Å². The first-order chi connectivity index (χ1) is 11.3. The topological polar surface area (TPSA) is 59.5 Å². The van der Waals surface area contributed by atoms with Crippen molar-refractivity contribution in [1.29, 1.82) is 0 Å². The van der Waals surface area contributed by atoms with Gasteiger partial charge >= 0.3 is 0 Å². The van der Waals surface area contributed by atoms with Crippen LogP contribution in [-0.4, -0.2) is 43.3 Å². The van der Waals surface area contributed by atoms with Gasteiger partial charge in [0.1, 0.15) is 11.5 Å². The fourth-order valence-electron chi connectivity index (χ4n) is 2.86. The van der Waals surface area contributed by atoms with Crippen LogP contribution in [0.3, 0.4) is 0 Å². The molecule has 1 aromatic heterocycles. The molecule has 1 aromatic carbocycles. The number of hydrogen-bond donors (Lipinski definition) is 1. The van der Waals surface area contributed by atoms with Crippen molar-refractivity contribution in [2.75, 3.05) is 37.5 Å². The summed E-state index contributed by atoms with van der Waals surface area (Å²) in [6, 6.07) is 8.02. The van der Waals surface area contributed by atoms with Crippen LogP contribution in [0.4, 0.5) is 11.6 Å². The highest BCUT2D eigenvalue weighted by molar-refractivity contribution is 5.54. The summed E-state index contributed by atoms with van der Waals surface area (Å²) in [5.74, 6) is 2.36. The molecule has 2 aromatic rings. The molecule has 3 rings (SSSR count). The van der Waals surface area contributed by atoms with Gasteiger partial charge in [-0.15, -0.1) is 0 Å². The highest BCUT2D eigenvalue weighted by Crippen LogP contribution is 2.27. The standard InChI is InChI=1S/C17H22N4O2/c1-22-15-9-14(10-16(11-15)23-2)20-13-5-3-8-21(12-13)17-18-6-4-7-19-17/h4,6-7,9-11,13,20H,3,5,8,12H2,1-2H3/t13-/m1/s1. The first-order valence-electron chi connectivity index (χ1n) is 7.80. The zero-order valence-corrected chi connectivity index (χ0v) is 13.5. The minimum Gasteiger partial charge on any atom is -0.497 e. The van der Waals surface area contributed by atoms with Crippen molar-refractivity contribution in [3.63, 3.8) is 0 Å². The van der Waals surface area contributed by atoms with Crippen LogP contribution >= 0.6 is 0 Å². The number of nitrogens with zero attached hydrogens (tertiary/aromatic N) is 3. The van der Waals surface area contributed by atoms with Crippen molar-refractivity contribution in [2.45, 2.75) is 18.9 Å². The maximum absolute atomic E-state index is 5.33.